The van der Waals surface area contributed by atoms with Gasteiger partial charge in [-0.2, -0.15) is 0 Å². The van der Waals surface area contributed by atoms with Gasteiger partial charge in [0.1, 0.15) is 11.0 Å². The normalized spacial score (nSPS) is 27.9. The maximum Gasteiger partial charge on any atom is 0.127 e. The number of benzene rings is 1. The van der Waals surface area contributed by atoms with Crippen LogP contribution in [0, 0.1) is 6.92 Å². The van der Waals surface area contributed by atoms with E-state index in [2.05, 4.69) is 0 Å². The van der Waals surface area contributed by atoms with Crippen molar-refractivity contribution in [3.05, 3.63) is 29.8 Å². The Balaban J connectivity index is 2.10. The first-order valence-electron chi connectivity index (χ1n) is 5.68. The predicted octanol–water partition coefficient (Wildman–Crippen LogP) is 1.47. The number of hydrogen-bond donors (Lipinski definition) is 0. The Hall–Kier alpha value is -0.520. The summed E-state index contributed by atoms with van der Waals surface area (Å²) in [7, 11) is -1.87. The molecular weight excluding hydrogens is 254 g/mol. The molecule has 0 spiro atoms. The average molecular weight is 271 g/mol. The Morgan fingerprint density at radius 2 is 2.00 bits per heavy atom. The van der Waals surface area contributed by atoms with Crippen LogP contribution in [0.25, 0.3) is 0 Å². The van der Waals surface area contributed by atoms with Crippen molar-refractivity contribution in [3.63, 3.8) is 0 Å². The molecule has 94 valence electrons. The zero-order chi connectivity index (χ0) is 12.4. The van der Waals surface area contributed by atoms with Gasteiger partial charge in [-0.15, -0.1) is 0 Å². The molecule has 17 heavy (non-hydrogen) atoms. The summed E-state index contributed by atoms with van der Waals surface area (Å²) in [6.45, 7) is 5.26. The average Bonchev–Trinajstić information content (AvgIpc) is 2.33. The van der Waals surface area contributed by atoms with Crippen LogP contribution < -0.4 is 0 Å². The molecule has 1 saturated heterocycles. The first kappa shape index (κ1) is 12.9. The molecule has 3 nitrogen and oxygen atoms in total. The molecule has 3 unspecified atom stereocenters. The molecule has 1 fully saturated rings. The smallest absolute Gasteiger partial charge is 0.127 e. The van der Waals surface area contributed by atoms with Crippen LogP contribution in [0.1, 0.15) is 12.5 Å². The lowest BCUT2D eigenvalue weighted by molar-refractivity contribution is 0.451. The third-order valence-corrected chi connectivity index (χ3v) is 6.02. The predicted molar refractivity (Wildman–Crippen MR) is 71.6 cm³/mol. The highest BCUT2D eigenvalue weighted by Gasteiger charge is 2.26. The maximum atomic E-state index is 12.3. The second-order valence-electron chi connectivity index (χ2n) is 4.35. The Morgan fingerprint density at radius 3 is 2.59 bits per heavy atom. The molecule has 0 radical (unpaired) electrons. The minimum atomic E-state index is -1.11. The zero-order valence-corrected chi connectivity index (χ0v) is 11.7. The highest BCUT2D eigenvalue weighted by Crippen LogP contribution is 2.16. The van der Waals surface area contributed by atoms with Gasteiger partial charge in [0, 0.05) is 34.9 Å². The van der Waals surface area contributed by atoms with E-state index in [9.17, 15) is 8.42 Å². The van der Waals surface area contributed by atoms with Crippen LogP contribution in [0.15, 0.2) is 29.2 Å². The lowest BCUT2D eigenvalue weighted by Crippen LogP contribution is -2.43. The number of hydrogen-bond acceptors (Lipinski definition) is 2. The highest BCUT2D eigenvalue weighted by molar-refractivity contribution is 7.86. The Morgan fingerprint density at radius 1 is 1.35 bits per heavy atom. The van der Waals surface area contributed by atoms with E-state index >= 15 is 0 Å². The van der Waals surface area contributed by atoms with Gasteiger partial charge in [0.2, 0.25) is 0 Å². The topological polar surface area (TPSA) is 37.4 Å². The molecule has 5 heteroatoms. The third kappa shape index (κ3) is 3.03. The maximum absolute atomic E-state index is 12.3. The van der Waals surface area contributed by atoms with Crippen molar-refractivity contribution in [2.75, 3.05) is 18.8 Å². The highest BCUT2D eigenvalue weighted by atomic mass is 32.2. The van der Waals surface area contributed by atoms with Gasteiger partial charge >= 0.3 is 0 Å². The minimum absolute atomic E-state index is 0.109. The van der Waals surface area contributed by atoms with Crippen molar-refractivity contribution in [1.82, 2.24) is 4.31 Å². The summed E-state index contributed by atoms with van der Waals surface area (Å²) >= 11 is 0. The van der Waals surface area contributed by atoms with E-state index in [0.29, 0.717) is 18.8 Å². The fourth-order valence-corrected chi connectivity index (χ4v) is 4.45. The van der Waals surface area contributed by atoms with Crippen LogP contribution in [0.5, 0.6) is 0 Å². The van der Waals surface area contributed by atoms with Gasteiger partial charge in [-0.3, -0.25) is 4.21 Å². The zero-order valence-electron chi connectivity index (χ0n) is 10.1. The molecule has 1 aromatic carbocycles. The quantitative estimate of drug-likeness (QED) is 0.817. The molecule has 1 heterocycles. The minimum Gasteiger partial charge on any atom is -0.259 e. The van der Waals surface area contributed by atoms with Gasteiger partial charge in [0.25, 0.3) is 0 Å². The van der Waals surface area contributed by atoms with Crippen LogP contribution in [0.2, 0.25) is 0 Å². The Labute approximate surface area is 107 Å². The number of nitrogens with zero attached hydrogens (tertiary/aromatic N) is 1. The van der Waals surface area contributed by atoms with E-state index in [-0.39, 0.29) is 5.25 Å². The van der Waals surface area contributed by atoms with E-state index < -0.39 is 21.8 Å². The van der Waals surface area contributed by atoms with Crippen LogP contribution in [0.4, 0.5) is 0 Å². The fraction of sp³-hybridized carbons (Fsp3) is 0.500. The van der Waals surface area contributed by atoms with Gasteiger partial charge in [-0.25, -0.2) is 8.51 Å². The summed E-state index contributed by atoms with van der Waals surface area (Å²) in [5.41, 5.74) is 1.17. The van der Waals surface area contributed by atoms with Crippen LogP contribution in [-0.4, -0.2) is 36.8 Å². The largest absolute Gasteiger partial charge is 0.259 e. The summed E-state index contributed by atoms with van der Waals surface area (Å²) in [6, 6.07) is 7.75. The number of rotatable bonds is 2. The Bertz CT molecular complexity index is 444. The van der Waals surface area contributed by atoms with Gasteiger partial charge in [0.05, 0.1) is 4.90 Å². The molecule has 1 aliphatic heterocycles. The van der Waals surface area contributed by atoms with Gasteiger partial charge in [-0.05, 0) is 26.0 Å². The first-order chi connectivity index (χ1) is 8.08. The SMILES string of the molecule is Cc1ccc(S(=O)N2CCS(=O)C(C)C2)cc1. The summed E-state index contributed by atoms with van der Waals surface area (Å²) in [5.74, 6) is 0.624. The summed E-state index contributed by atoms with van der Waals surface area (Å²) < 4.78 is 25.7. The van der Waals surface area contributed by atoms with Crippen molar-refractivity contribution < 1.29 is 8.42 Å². The molecule has 3 atom stereocenters. The van der Waals surface area contributed by atoms with E-state index in [1.807, 2.05) is 42.4 Å². The van der Waals surface area contributed by atoms with Gasteiger partial charge in [0.15, 0.2) is 0 Å². The molecule has 2 rings (SSSR count). The third-order valence-electron chi connectivity index (χ3n) is 2.91. The van der Waals surface area contributed by atoms with Gasteiger partial charge < -0.3 is 0 Å². The van der Waals surface area contributed by atoms with E-state index in [1.54, 1.807) is 0 Å². The van der Waals surface area contributed by atoms with Crippen LogP contribution in [-0.2, 0) is 21.8 Å². The van der Waals surface area contributed by atoms with Crippen molar-refractivity contribution >= 4 is 21.8 Å². The van der Waals surface area contributed by atoms with Crippen molar-refractivity contribution in [2.45, 2.75) is 24.0 Å². The monoisotopic (exact) mass is 271 g/mol. The standard InChI is InChI=1S/C12H17NO2S2/c1-10-3-5-12(6-4-10)17(15)13-7-8-16(14)11(2)9-13/h3-6,11H,7-9H2,1-2H3. The van der Waals surface area contributed by atoms with Crippen molar-refractivity contribution in [3.8, 4) is 0 Å². The van der Waals surface area contributed by atoms with Gasteiger partial charge in [-0.1, -0.05) is 17.7 Å². The molecule has 0 N–H and O–H groups in total. The molecular formula is C12H17NO2S2. The Kier molecular flexibility index (Phi) is 4.12. The van der Waals surface area contributed by atoms with Crippen molar-refractivity contribution in [2.24, 2.45) is 0 Å². The van der Waals surface area contributed by atoms with Crippen LogP contribution in [0.3, 0.4) is 0 Å². The lowest BCUT2D eigenvalue weighted by atomic mass is 10.2. The van der Waals surface area contributed by atoms with E-state index in [0.717, 1.165) is 4.90 Å². The van der Waals surface area contributed by atoms with Crippen molar-refractivity contribution in [1.29, 1.82) is 0 Å². The molecule has 0 bridgehead atoms. The molecule has 1 aliphatic rings. The molecule has 0 amide bonds. The second kappa shape index (κ2) is 5.42. The second-order valence-corrected chi connectivity index (χ2v) is 7.81. The molecule has 0 saturated carbocycles. The number of aryl methyl sites for hydroxylation is 1. The molecule has 0 aliphatic carbocycles. The summed E-state index contributed by atoms with van der Waals surface area (Å²) in [4.78, 5) is 0.829. The first-order valence-corrected chi connectivity index (χ1v) is 8.17. The fourth-order valence-electron chi connectivity index (χ4n) is 1.81. The van der Waals surface area contributed by atoms with E-state index in [4.69, 9.17) is 0 Å². The summed E-state index contributed by atoms with van der Waals surface area (Å²) in [5, 5.41) is 0.109. The summed E-state index contributed by atoms with van der Waals surface area (Å²) in [6.07, 6.45) is 0. The lowest BCUT2D eigenvalue weighted by Gasteiger charge is -2.29. The molecule has 1 aromatic rings. The van der Waals surface area contributed by atoms with E-state index in [1.165, 1.54) is 5.56 Å². The molecule has 0 aromatic heterocycles. The van der Waals surface area contributed by atoms with Crippen LogP contribution >= 0.6 is 0 Å².